The van der Waals surface area contributed by atoms with Crippen molar-refractivity contribution in [2.24, 2.45) is 5.92 Å². The van der Waals surface area contributed by atoms with Crippen LogP contribution in [0.3, 0.4) is 0 Å². The van der Waals surface area contributed by atoms with Crippen molar-refractivity contribution in [1.29, 1.82) is 0 Å². The number of aliphatic hydroxyl groups is 2. The third-order valence-electron chi connectivity index (χ3n) is 6.34. The van der Waals surface area contributed by atoms with Gasteiger partial charge in [0.2, 0.25) is 5.91 Å². The Morgan fingerprint density at radius 3 is 2.48 bits per heavy atom. The number of aliphatic hydroxyl groups excluding tert-OH is 2. The molecule has 2 N–H and O–H groups in total. The van der Waals surface area contributed by atoms with Crippen LogP contribution in [0, 0.1) is 5.92 Å². The summed E-state index contributed by atoms with van der Waals surface area (Å²) in [4.78, 5) is 38.2. The van der Waals surface area contributed by atoms with Crippen LogP contribution in [0.1, 0.15) is 40.4 Å². The van der Waals surface area contributed by atoms with Crippen LogP contribution in [-0.4, -0.2) is 44.9 Å². The van der Waals surface area contributed by atoms with E-state index in [-0.39, 0.29) is 47.6 Å². The van der Waals surface area contributed by atoms with E-state index in [0.717, 1.165) is 5.56 Å². The summed E-state index contributed by atoms with van der Waals surface area (Å²) in [6, 6.07) is 9.89. The first-order chi connectivity index (χ1) is 14.3. The maximum absolute atomic E-state index is 12.8. The molecule has 1 saturated heterocycles. The molecule has 0 aromatic heterocycles. The van der Waals surface area contributed by atoms with Crippen LogP contribution in [0.5, 0.6) is 0 Å². The molecule has 3 aliphatic rings. The molecule has 1 fully saturated rings. The molecule has 2 aliphatic heterocycles. The van der Waals surface area contributed by atoms with Crippen molar-refractivity contribution in [2.45, 2.75) is 32.1 Å². The van der Waals surface area contributed by atoms with Gasteiger partial charge in [0.1, 0.15) is 0 Å². The average molecular weight is 427 g/mol. The molecule has 31 heavy (non-hydrogen) atoms. The van der Waals surface area contributed by atoms with Crippen molar-refractivity contribution in [3.05, 3.63) is 64.3 Å². The van der Waals surface area contributed by atoms with Crippen LogP contribution in [0.15, 0.2) is 42.1 Å². The standard InChI is InChI=1S/C23H19NO6.Na/c1-10(26)19-18-8-15(20(23(29)30)24(18)22(19)28)12-3-5-14-16(7-12)13-4-2-11(9-25)6-17(13)21(14)27;/h2-7,10,18-19,25-26H,8-9H2,1H3,(H,29,30);/q;+1/p-1/t10-,18-,19-;/m1./s1. The van der Waals surface area contributed by atoms with Crippen LogP contribution in [0.2, 0.25) is 0 Å². The Labute approximate surface area is 200 Å². The second-order valence-corrected chi connectivity index (χ2v) is 7.99. The smallest absolute Gasteiger partial charge is 0.543 e. The first-order valence-electron chi connectivity index (χ1n) is 9.72. The van der Waals surface area contributed by atoms with Crippen molar-refractivity contribution in [2.75, 3.05) is 0 Å². The first-order valence-corrected chi connectivity index (χ1v) is 9.72. The third kappa shape index (κ3) is 3.03. The van der Waals surface area contributed by atoms with Crippen molar-refractivity contribution < 1.29 is 59.3 Å². The molecule has 0 unspecified atom stereocenters. The summed E-state index contributed by atoms with van der Waals surface area (Å²) in [5.74, 6) is -2.63. The fourth-order valence-corrected chi connectivity index (χ4v) is 4.93. The molecule has 5 rings (SSSR count). The van der Waals surface area contributed by atoms with Crippen LogP contribution in [0.25, 0.3) is 16.7 Å². The number of carbonyl (C=O) groups excluding carboxylic acids is 3. The Balaban J connectivity index is 0.00000231. The SMILES string of the molecule is C[C@@H](O)[C@H]1C(=O)N2C(C(=O)[O-])=C(c3ccc4c(c3)-c3ccc(CO)cc3C4=O)C[C@H]12.[Na+]. The van der Waals surface area contributed by atoms with E-state index >= 15 is 0 Å². The van der Waals surface area contributed by atoms with Gasteiger partial charge in [0, 0.05) is 11.1 Å². The van der Waals surface area contributed by atoms with Crippen LogP contribution in [0.4, 0.5) is 0 Å². The number of benzene rings is 2. The summed E-state index contributed by atoms with van der Waals surface area (Å²) in [5, 5.41) is 31.1. The van der Waals surface area contributed by atoms with Gasteiger partial charge >= 0.3 is 29.6 Å². The number of β-lactam (4-membered cyclic amide) rings is 1. The molecule has 2 aromatic rings. The largest absolute Gasteiger partial charge is 1.00 e. The van der Waals surface area contributed by atoms with Crippen molar-refractivity contribution in [3.63, 3.8) is 0 Å². The molecule has 3 atom stereocenters. The molecule has 1 aliphatic carbocycles. The fourth-order valence-electron chi connectivity index (χ4n) is 4.93. The minimum Gasteiger partial charge on any atom is -0.543 e. The first kappa shape index (κ1) is 21.9. The number of ketones is 1. The number of carboxylic acid groups (broad SMARTS) is 1. The number of fused-ring (bicyclic) bond motifs is 4. The van der Waals surface area contributed by atoms with Gasteiger partial charge in [0.15, 0.2) is 5.78 Å². The van der Waals surface area contributed by atoms with Crippen molar-refractivity contribution >= 4 is 23.2 Å². The minimum absolute atomic E-state index is 0. The molecular weight excluding hydrogens is 409 g/mol. The molecule has 8 heteroatoms. The molecular formula is C23H18NNaO6. The number of hydrogen-bond acceptors (Lipinski definition) is 6. The zero-order valence-electron chi connectivity index (χ0n) is 17.1. The van der Waals surface area contributed by atoms with E-state index in [4.69, 9.17) is 0 Å². The molecule has 2 heterocycles. The Morgan fingerprint density at radius 2 is 1.84 bits per heavy atom. The van der Waals surface area contributed by atoms with E-state index < -0.39 is 29.9 Å². The maximum Gasteiger partial charge on any atom is 1.00 e. The number of carboxylic acids is 1. The normalized spacial score (nSPS) is 21.8. The molecule has 0 radical (unpaired) electrons. The zero-order valence-corrected chi connectivity index (χ0v) is 19.1. The van der Waals surface area contributed by atoms with Gasteiger partial charge in [-0.3, -0.25) is 9.59 Å². The van der Waals surface area contributed by atoms with Crippen LogP contribution in [-0.2, 0) is 16.2 Å². The van der Waals surface area contributed by atoms with Crippen LogP contribution >= 0.6 is 0 Å². The van der Waals surface area contributed by atoms with Gasteiger partial charge in [0.25, 0.3) is 0 Å². The quantitative estimate of drug-likeness (QED) is 0.350. The zero-order chi connectivity index (χ0) is 21.3. The summed E-state index contributed by atoms with van der Waals surface area (Å²) in [7, 11) is 0. The van der Waals surface area contributed by atoms with E-state index in [9.17, 15) is 29.7 Å². The van der Waals surface area contributed by atoms with E-state index in [1.165, 1.54) is 11.8 Å². The topological polar surface area (TPSA) is 118 Å². The predicted molar refractivity (Wildman–Crippen MR) is 104 cm³/mol. The van der Waals surface area contributed by atoms with Crippen molar-refractivity contribution in [3.8, 4) is 11.1 Å². The Kier molecular flexibility index (Phi) is 5.44. The number of nitrogens with zero attached hydrogens (tertiary/aromatic N) is 1. The number of aliphatic carboxylic acids is 1. The monoisotopic (exact) mass is 427 g/mol. The number of hydrogen-bond donors (Lipinski definition) is 2. The Bertz CT molecular complexity index is 1180. The Hall–Kier alpha value is -2.29. The Morgan fingerprint density at radius 1 is 1.13 bits per heavy atom. The summed E-state index contributed by atoms with van der Waals surface area (Å²) in [6.45, 7) is 1.36. The molecule has 0 spiro atoms. The van der Waals surface area contributed by atoms with Gasteiger partial charge < -0.3 is 25.0 Å². The second kappa shape index (κ2) is 7.69. The van der Waals surface area contributed by atoms with E-state index in [1.54, 1.807) is 36.4 Å². The molecule has 1 amide bonds. The van der Waals surface area contributed by atoms with Gasteiger partial charge in [-0.1, -0.05) is 18.2 Å². The van der Waals surface area contributed by atoms with Gasteiger partial charge in [-0.25, -0.2) is 0 Å². The maximum atomic E-state index is 12.8. The molecule has 0 saturated carbocycles. The van der Waals surface area contributed by atoms with Crippen molar-refractivity contribution in [1.82, 2.24) is 4.90 Å². The fraction of sp³-hybridized carbons (Fsp3) is 0.261. The minimum atomic E-state index is -1.44. The van der Waals surface area contributed by atoms with Crippen LogP contribution < -0.4 is 34.7 Å². The molecule has 152 valence electrons. The number of amides is 1. The van der Waals surface area contributed by atoms with Gasteiger partial charge in [-0.2, -0.15) is 0 Å². The van der Waals surface area contributed by atoms with E-state index in [2.05, 4.69) is 0 Å². The third-order valence-corrected chi connectivity index (χ3v) is 6.34. The predicted octanol–water partition coefficient (Wildman–Crippen LogP) is -2.53. The van der Waals surface area contributed by atoms with Gasteiger partial charge in [-0.15, -0.1) is 0 Å². The molecule has 2 aromatic carbocycles. The van der Waals surface area contributed by atoms with Gasteiger partial charge in [-0.05, 0) is 59.4 Å². The summed E-state index contributed by atoms with van der Waals surface area (Å²) in [6.07, 6.45) is -0.570. The number of carbonyl (C=O) groups is 3. The summed E-state index contributed by atoms with van der Waals surface area (Å²) < 4.78 is 0. The molecule has 0 bridgehead atoms. The van der Waals surface area contributed by atoms with E-state index in [0.29, 0.717) is 39.8 Å². The molecule has 7 nitrogen and oxygen atoms in total. The van der Waals surface area contributed by atoms with Gasteiger partial charge in [0.05, 0.1) is 36.3 Å². The second-order valence-electron chi connectivity index (χ2n) is 7.99. The summed E-state index contributed by atoms with van der Waals surface area (Å²) >= 11 is 0. The van der Waals surface area contributed by atoms with E-state index in [1.807, 2.05) is 0 Å². The average Bonchev–Trinajstić information content (AvgIpc) is 3.20. The number of rotatable bonds is 4. The summed E-state index contributed by atoms with van der Waals surface area (Å²) in [5.41, 5.74) is 3.97.